The van der Waals surface area contributed by atoms with Crippen molar-refractivity contribution in [1.82, 2.24) is 10.2 Å². The molecule has 0 bridgehead atoms. The van der Waals surface area contributed by atoms with Crippen LogP contribution >= 0.6 is 24.8 Å². The first kappa shape index (κ1) is 16.6. The molecule has 0 aromatic heterocycles. The summed E-state index contributed by atoms with van der Waals surface area (Å²) in [5.74, 6) is -0.161. The van der Waals surface area contributed by atoms with Gasteiger partial charge < -0.3 is 5.32 Å². The SMILES string of the molecule is C[C@@H](c1ccc(F)cc1)N1CCNCC1.Cl.Cl. The number of halogens is 3. The summed E-state index contributed by atoms with van der Waals surface area (Å²) in [5, 5.41) is 3.33. The summed E-state index contributed by atoms with van der Waals surface area (Å²) in [5.41, 5.74) is 1.19. The molecule has 0 saturated carbocycles. The van der Waals surface area contributed by atoms with Gasteiger partial charge in [-0.2, -0.15) is 0 Å². The Balaban J connectivity index is 0.00000128. The summed E-state index contributed by atoms with van der Waals surface area (Å²) in [7, 11) is 0. The lowest BCUT2D eigenvalue weighted by atomic mass is 10.1. The van der Waals surface area contributed by atoms with Crippen LogP contribution in [0.15, 0.2) is 24.3 Å². The largest absolute Gasteiger partial charge is 0.314 e. The highest BCUT2D eigenvalue weighted by atomic mass is 35.5. The van der Waals surface area contributed by atoms with Gasteiger partial charge in [-0.15, -0.1) is 24.8 Å². The van der Waals surface area contributed by atoms with Crippen LogP contribution in [0, 0.1) is 5.82 Å². The van der Waals surface area contributed by atoms with E-state index in [2.05, 4.69) is 17.1 Å². The smallest absolute Gasteiger partial charge is 0.123 e. The first-order valence-corrected chi connectivity index (χ1v) is 5.47. The molecule has 1 atom stereocenters. The van der Waals surface area contributed by atoms with Crippen LogP contribution in [0.3, 0.4) is 0 Å². The third-order valence-electron chi connectivity index (χ3n) is 3.05. The quantitative estimate of drug-likeness (QED) is 0.896. The molecule has 0 radical (unpaired) electrons. The lowest BCUT2D eigenvalue weighted by Gasteiger charge is -2.33. The Hall–Kier alpha value is -0.350. The van der Waals surface area contributed by atoms with Gasteiger partial charge in [-0.1, -0.05) is 12.1 Å². The van der Waals surface area contributed by atoms with E-state index in [1.807, 2.05) is 12.1 Å². The standard InChI is InChI=1S/C12H17FN2.2ClH/c1-10(15-8-6-14-7-9-15)11-2-4-12(13)5-3-11;;/h2-5,10,14H,6-9H2,1H3;2*1H/t10-;;/m0../s1. The second kappa shape index (κ2) is 7.88. The number of rotatable bonds is 2. The molecule has 0 unspecified atom stereocenters. The summed E-state index contributed by atoms with van der Waals surface area (Å²) in [6, 6.07) is 7.21. The van der Waals surface area contributed by atoms with Crippen LogP contribution in [-0.2, 0) is 0 Å². The Morgan fingerprint density at radius 1 is 1.12 bits per heavy atom. The topological polar surface area (TPSA) is 15.3 Å². The minimum atomic E-state index is -0.161. The Bertz CT molecular complexity index is 313. The molecule has 5 heteroatoms. The highest BCUT2D eigenvalue weighted by Gasteiger charge is 2.17. The molecule has 1 aliphatic heterocycles. The number of hydrogen-bond acceptors (Lipinski definition) is 2. The van der Waals surface area contributed by atoms with Gasteiger partial charge >= 0.3 is 0 Å². The fraction of sp³-hybridized carbons (Fsp3) is 0.500. The molecule has 0 amide bonds. The van der Waals surface area contributed by atoms with Crippen LogP contribution in [0.25, 0.3) is 0 Å². The number of nitrogens with one attached hydrogen (secondary N) is 1. The predicted octanol–water partition coefficient (Wildman–Crippen LogP) is 2.64. The van der Waals surface area contributed by atoms with Crippen LogP contribution < -0.4 is 5.32 Å². The molecule has 98 valence electrons. The number of hydrogen-bond donors (Lipinski definition) is 1. The number of nitrogens with zero attached hydrogens (tertiary/aromatic N) is 1. The summed E-state index contributed by atoms with van der Waals surface area (Å²) in [6.07, 6.45) is 0. The van der Waals surface area contributed by atoms with Crippen LogP contribution in [-0.4, -0.2) is 31.1 Å². The molecular formula is C12H19Cl2FN2. The van der Waals surface area contributed by atoms with Crippen LogP contribution in [0.4, 0.5) is 4.39 Å². The van der Waals surface area contributed by atoms with E-state index in [-0.39, 0.29) is 30.6 Å². The van der Waals surface area contributed by atoms with Crippen molar-refractivity contribution in [3.8, 4) is 0 Å². The maximum Gasteiger partial charge on any atom is 0.123 e. The molecule has 1 N–H and O–H groups in total. The molecule has 0 aliphatic carbocycles. The molecular weight excluding hydrogens is 262 g/mol. The zero-order valence-corrected chi connectivity index (χ0v) is 11.5. The zero-order valence-electron chi connectivity index (χ0n) is 9.86. The van der Waals surface area contributed by atoms with Crippen molar-refractivity contribution in [2.24, 2.45) is 0 Å². The van der Waals surface area contributed by atoms with Crippen LogP contribution in [0.2, 0.25) is 0 Å². The van der Waals surface area contributed by atoms with Gasteiger partial charge in [-0.3, -0.25) is 4.90 Å². The van der Waals surface area contributed by atoms with E-state index in [4.69, 9.17) is 0 Å². The molecule has 1 fully saturated rings. The summed E-state index contributed by atoms with van der Waals surface area (Å²) >= 11 is 0. The van der Waals surface area contributed by atoms with Gasteiger partial charge in [-0.25, -0.2) is 4.39 Å². The lowest BCUT2D eigenvalue weighted by Crippen LogP contribution is -2.44. The molecule has 0 spiro atoms. The average Bonchev–Trinajstić information content (AvgIpc) is 2.30. The van der Waals surface area contributed by atoms with E-state index in [9.17, 15) is 4.39 Å². The van der Waals surface area contributed by atoms with Gasteiger partial charge in [0.05, 0.1) is 0 Å². The molecule has 1 aliphatic rings. The van der Waals surface area contributed by atoms with E-state index >= 15 is 0 Å². The summed E-state index contributed by atoms with van der Waals surface area (Å²) in [4.78, 5) is 2.42. The number of piperazine rings is 1. The minimum Gasteiger partial charge on any atom is -0.314 e. The molecule has 1 saturated heterocycles. The van der Waals surface area contributed by atoms with Crippen molar-refractivity contribution in [2.75, 3.05) is 26.2 Å². The third kappa shape index (κ3) is 4.43. The fourth-order valence-electron chi connectivity index (χ4n) is 2.02. The van der Waals surface area contributed by atoms with Gasteiger partial charge in [0.25, 0.3) is 0 Å². The Morgan fingerprint density at radius 2 is 1.65 bits per heavy atom. The highest BCUT2D eigenvalue weighted by molar-refractivity contribution is 5.85. The van der Waals surface area contributed by atoms with Crippen LogP contribution in [0.5, 0.6) is 0 Å². The third-order valence-corrected chi connectivity index (χ3v) is 3.05. The second-order valence-corrected chi connectivity index (χ2v) is 4.01. The first-order valence-electron chi connectivity index (χ1n) is 5.47. The Kier molecular flexibility index (Phi) is 7.71. The first-order chi connectivity index (χ1) is 7.27. The maximum atomic E-state index is 12.8. The average molecular weight is 281 g/mol. The summed E-state index contributed by atoms with van der Waals surface area (Å²) < 4.78 is 12.8. The van der Waals surface area contributed by atoms with Crippen molar-refractivity contribution in [1.29, 1.82) is 0 Å². The fourth-order valence-corrected chi connectivity index (χ4v) is 2.02. The van der Waals surface area contributed by atoms with Gasteiger partial charge in [0, 0.05) is 32.2 Å². The van der Waals surface area contributed by atoms with Crippen molar-refractivity contribution < 1.29 is 4.39 Å². The molecule has 1 aromatic rings. The second-order valence-electron chi connectivity index (χ2n) is 4.01. The van der Waals surface area contributed by atoms with Gasteiger partial charge in [-0.05, 0) is 24.6 Å². The van der Waals surface area contributed by atoms with Crippen LogP contribution in [0.1, 0.15) is 18.5 Å². The van der Waals surface area contributed by atoms with E-state index in [0.717, 1.165) is 26.2 Å². The van der Waals surface area contributed by atoms with Gasteiger partial charge in [0.15, 0.2) is 0 Å². The van der Waals surface area contributed by atoms with Crippen molar-refractivity contribution in [3.63, 3.8) is 0 Å². The van der Waals surface area contributed by atoms with E-state index in [1.54, 1.807) is 0 Å². The lowest BCUT2D eigenvalue weighted by molar-refractivity contribution is 0.185. The predicted molar refractivity (Wildman–Crippen MR) is 73.8 cm³/mol. The van der Waals surface area contributed by atoms with Crippen molar-refractivity contribution >= 4 is 24.8 Å². The highest BCUT2D eigenvalue weighted by Crippen LogP contribution is 2.20. The zero-order chi connectivity index (χ0) is 10.7. The van der Waals surface area contributed by atoms with Crippen molar-refractivity contribution in [3.05, 3.63) is 35.6 Å². The molecule has 1 heterocycles. The van der Waals surface area contributed by atoms with E-state index in [1.165, 1.54) is 17.7 Å². The molecule has 1 aromatic carbocycles. The van der Waals surface area contributed by atoms with Crippen molar-refractivity contribution in [2.45, 2.75) is 13.0 Å². The van der Waals surface area contributed by atoms with E-state index < -0.39 is 0 Å². The molecule has 17 heavy (non-hydrogen) atoms. The monoisotopic (exact) mass is 280 g/mol. The Labute approximate surface area is 114 Å². The maximum absolute atomic E-state index is 12.8. The van der Waals surface area contributed by atoms with Gasteiger partial charge in [0.1, 0.15) is 5.82 Å². The summed E-state index contributed by atoms with van der Waals surface area (Å²) in [6.45, 7) is 6.41. The van der Waals surface area contributed by atoms with Gasteiger partial charge in [0.2, 0.25) is 0 Å². The molecule has 2 nitrogen and oxygen atoms in total. The van der Waals surface area contributed by atoms with E-state index in [0.29, 0.717) is 6.04 Å². The molecule has 2 rings (SSSR count). The number of benzene rings is 1. The Morgan fingerprint density at radius 3 is 2.18 bits per heavy atom. The minimum absolute atomic E-state index is 0. The normalized spacial score (nSPS) is 17.8.